The number of piperazine rings is 1. The molecule has 2 aromatic rings. The van der Waals surface area contributed by atoms with E-state index in [9.17, 15) is 18.3 Å². The summed E-state index contributed by atoms with van der Waals surface area (Å²) in [5.41, 5.74) is 2.54. The van der Waals surface area contributed by atoms with Crippen molar-refractivity contribution in [2.24, 2.45) is 0 Å². The molecule has 3 rings (SSSR count). The Hall–Kier alpha value is -1.64. The van der Waals surface area contributed by atoms with Crippen LogP contribution >= 0.6 is 11.3 Å². The van der Waals surface area contributed by atoms with Crippen LogP contribution in [0.3, 0.4) is 0 Å². The Morgan fingerprint density at radius 2 is 1.71 bits per heavy atom. The van der Waals surface area contributed by atoms with Gasteiger partial charge in [0, 0.05) is 44.6 Å². The van der Waals surface area contributed by atoms with E-state index in [0.29, 0.717) is 12.1 Å². The number of aromatic hydroxyl groups is 1. The Bertz CT molecular complexity index is 668. The van der Waals surface area contributed by atoms with Crippen LogP contribution < -0.4 is 0 Å². The van der Waals surface area contributed by atoms with E-state index in [2.05, 4.69) is 14.8 Å². The lowest BCUT2D eigenvalue weighted by Crippen LogP contribution is -2.45. The molecule has 0 spiro atoms. The van der Waals surface area contributed by atoms with Crippen molar-refractivity contribution in [3.05, 3.63) is 45.9 Å². The average molecular weight is 357 g/mol. The molecule has 0 saturated carbocycles. The van der Waals surface area contributed by atoms with Gasteiger partial charge in [0.2, 0.25) is 0 Å². The minimum atomic E-state index is -4.44. The highest BCUT2D eigenvalue weighted by molar-refractivity contribution is 7.07. The van der Waals surface area contributed by atoms with E-state index in [1.165, 1.54) is 6.07 Å². The summed E-state index contributed by atoms with van der Waals surface area (Å²) in [5, 5.41) is 11.6. The number of thiazole rings is 1. The maximum absolute atomic E-state index is 12.8. The predicted molar refractivity (Wildman–Crippen MR) is 85.8 cm³/mol. The molecule has 1 N–H and O–H groups in total. The van der Waals surface area contributed by atoms with Crippen molar-refractivity contribution in [1.82, 2.24) is 14.8 Å². The van der Waals surface area contributed by atoms with Crippen LogP contribution in [-0.4, -0.2) is 46.1 Å². The van der Waals surface area contributed by atoms with Gasteiger partial charge in [0.05, 0.1) is 16.8 Å². The van der Waals surface area contributed by atoms with Crippen LogP contribution in [0.5, 0.6) is 5.75 Å². The third-order valence-electron chi connectivity index (χ3n) is 4.05. The molecule has 1 aliphatic heterocycles. The second-order valence-electron chi connectivity index (χ2n) is 5.92. The van der Waals surface area contributed by atoms with Gasteiger partial charge in [-0.3, -0.25) is 9.80 Å². The summed E-state index contributed by atoms with van der Waals surface area (Å²) in [5.74, 6) is -0.345. The Labute approximate surface area is 142 Å². The predicted octanol–water partition coefficient (Wildman–Crippen LogP) is 3.19. The lowest BCUT2D eigenvalue weighted by atomic mass is 10.1. The SMILES string of the molecule is Oc1cc(CN2CCN(Cc3cscn3)CC2)cc(C(F)(F)F)c1. The zero-order valence-electron chi connectivity index (χ0n) is 13.0. The molecule has 8 heteroatoms. The van der Waals surface area contributed by atoms with Crippen molar-refractivity contribution in [2.45, 2.75) is 19.3 Å². The summed E-state index contributed by atoms with van der Waals surface area (Å²) >= 11 is 1.57. The van der Waals surface area contributed by atoms with E-state index in [0.717, 1.165) is 50.6 Å². The van der Waals surface area contributed by atoms with E-state index < -0.39 is 11.7 Å². The zero-order valence-corrected chi connectivity index (χ0v) is 13.8. The molecule has 1 saturated heterocycles. The molecule has 1 aromatic heterocycles. The Balaban J connectivity index is 1.57. The quantitative estimate of drug-likeness (QED) is 0.912. The molecule has 0 radical (unpaired) electrons. The van der Waals surface area contributed by atoms with E-state index in [1.54, 1.807) is 11.3 Å². The number of benzene rings is 1. The smallest absolute Gasteiger partial charge is 0.416 e. The standard InChI is InChI=1S/C16H18F3N3OS/c17-16(18,19)13-5-12(6-15(23)7-13)8-21-1-3-22(4-2-21)9-14-10-24-11-20-14/h5-7,10-11,23H,1-4,8-9H2. The number of rotatable bonds is 4. The molecule has 1 fully saturated rings. The van der Waals surface area contributed by atoms with Gasteiger partial charge in [0.1, 0.15) is 5.75 Å². The lowest BCUT2D eigenvalue weighted by molar-refractivity contribution is -0.137. The second-order valence-corrected chi connectivity index (χ2v) is 6.64. The maximum Gasteiger partial charge on any atom is 0.416 e. The number of nitrogens with zero attached hydrogens (tertiary/aromatic N) is 3. The first-order valence-corrected chi connectivity index (χ1v) is 8.56. The van der Waals surface area contributed by atoms with Crippen molar-refractivity contribution < 1.29 is 18.3 Å². The van der Waals surface area contributed by atoms with Gasteiger partial charge in [-0.2, -0.15) is 13.2 Å². The molecule has 130 valence electrons. The molecule has 1 aromatic carbocycles. The largest absolute Gasteiger partial charge is 0.508 e. The third-order valence-corrected chi connectivity index (χ3v) is 4.68. The monoisotopic (exact) mass is 357 g/mol. The second kappa shape index (κ2) is 7.08. The molecule has 0 amide bonds. The van der Waals surface area contributed by atoms with Crippen LogP contribution in [0.1, 0.15) is 16.8 Å². The number of hydrogen-bond donors (Lipinski definition) is 1. The van der Waals surface area contributed by atoms with Crippen molar-refractivity contribution >= 4 is 11.3 Å². The molecular formula is C16H18F3N3OS. The van der Waals surface area contributed by atoms with Crippen LogP contribution in [0.4, 0.5) is 13.2 Å². The minimum absolute atomic E-state index is 0.345. The summed E-state index contributed by atoms with van der Waals surface area (Å²) in [6.07, 6.45) is -4.44. The van der Waals surface area contributed by atoms with E-state index in [1.807, 2.05) is 10.9 Å². The van der Waals surface area contributed by atoms with Gasteiger partial charge in [-0.1, -0.05) is 0 Å². The molecule has 2 heterocycles. The molecule has 0 atom stereocenters. The van der Waals surface area contributed by atoms with Gasteiger partial charge in [0.15, 0.2) is 0 Å². The summed E-state index contributed by atoms with van der Waals surface area (Å²) in [6, 6.07) is 3.27. The topological polar surface area (TPSA) is 39.6 Å². The van der Waals surface area contributed by atoms with Crippen LogP contribution in [0.15, 0.2) is 29.1 Å². The van der Waals surface area contributed by atoms with Gasteiger partial charge in [-0.05, 0) is 23.8 Å². The summed E-state index contributed by atoms with van der Waals surface area (Å²) < 4.78 is 38.5. The van der Waals surface area contributed by atoms with Crippen molar-refractivity contribution in [3.8, 4) is 5.75 Å². The van der Waals surface area contributed by atoms with Crippen molar-refractivity contribution in [3.63, 3.8) is 0 Å². The van der Waals surface area contributed by atoms with Gasteiger partial charge >= 0.3 is 6.18 Å². The maximum atomic E-state index is 12.8. The number of aromatic nitrogens is 1. The number of halogens is 3. The highest BCUT2D eigenvalue weighted by Crippen LogP contribution is 2.32. The fourth-order valence-electron chi connectivity index (χ4n) is 2.84. The zero-order chi connectivity index (χ0) is 17.2. The van der Waals surface area contributed by atoms with Crippen LogP contribution in [-0.2, 0) is 19.3 Å². The van der Waals surface area contributed by atoms with E-state index in [4.69, 9.17) is 0 Å². The molecule has 4 nitrogen and oxygen atoms in total. The minimum Gasteiger partial charge on any atom is -0.508 e. The van der Waals surface area contributed by atoms with Crippen molar-refractivity contribution in [2.75, 3.05) is 26.2 Å². The number of phenols is 1. The summed E-state index contributed by atoms with van der Waals surface area (Å²) in [6.45, 7) is 4.47. The van der Waals surface area contributed by atoms with Crippen LogP contribution in [0.25, 0.3) is 0 Å². The van der Waals surface area contributed by atoms with Gasteiger partial charge in [0.25, 0.3) is 0 Å². The van der Waals surface area contributed by atoms with E-state index in [-0.39, 0.29) is 5.75 Å². The highest BCUT2D eigenvalue weighted by Gasteiger charge is 2.31. The fraction of sp³-hybridized carbons (Fsp3) is 0.438. The van der Waals surface area contributed by atoms with Gasteiger partial charge in [-0.15, -0.1) is 11.3 Å². The number of phenolic OH excluding ortho intramolecular Hbond substituents is 1. The first-order valence-electron chi connectivity index (χ1n) is 7.62. The molecule has 0 unspecified atom stereocenters. The Morgan fingerprint density at radius 1 is 1.04 bits per heavy atom. The van der Waals surface area contributed by atoms with Gasteiger partial charge in [-0.25, -0.2) is 4.98 Å². The van der Waals surface area contributed by atoms with Crippen LogP contribution in [0, 0.1) is 0 Å². The summed E-state index contributed by atoms with van der Waals surface area (Å²) in [4.78, 5) is 8.66. The Kier molecular flexibility index (Phi) is 5.07. The number of alkyl halides is 3. The number of hydrogen-bond acceptors (Lipinski definition) is 5. The lowest BCUT2D eigenvalue weighted by Gasteiger charge is -2.34. The molecule has 1 aliphatic rings. The molecule has 0 bridgehead atoms. The fourth-order valence-corrected chi connectivity index (χ4v) is 3.39. The molecule has 24 heavy (non-hydrogen) atoms. The van der Waals surface area contributed by atoms with Crippen LogP contribution in [0.2, 0.25) is 0 Å². The van der Waals surface area contributed by atoms with Crippen molar-refractivity contribution in [1.29, 1.82) is 0 Å². The summed E-state index contributed by atoms with van der Waals surface area (Å²) in [7, 11) is 0. The first kappa shape index (κ1) is 17.2. The van der Waals surface area contributed by atoms with E-state index >= 15 is 0 Å². The average Bonchev–Trinajstić information content (AvgIpc) is 3.01. The third kappa shape index (κ3) is 4.46. The molecular weight excluding hydrogens is 339 g/mol. The van der Waals surface area contributed by atoms with Gasteiger partial charge < -0.3 is 5.11 Å². The highest BCUT2D eigenvalue weighted by atomic mass is 32.1. The molecule has 0 aliphatic carbocycles. The Morgan fingerprint density at radius 3 is 2.29 bits per heavy atom. The normalized spacial score (nSPS) is 17.3. The first-order chi connectivity index (χ1) is 11.4.